The van der Waals surface area contributed by atoms with Crippen LogP contribution >= 0.6 is 0 Å². The number of alkyl halides is 3. The fraction of sp³-hybridized carbons (Fsp3) is 1.00. The van der Waals surface area contributed by atoms with E-state index in [0.717, 1.165) is 25.9 Å². The molecular formula is C12H23F3N2. The molecule has 1 fully saturated rings. The highest BCUT2D eigenvalue weighted by Gasteiger charge is 2.35. The van der Waals surface area contributed by atoms with Crippen LogP contribution in [0.3, 0.4) is 0 Å². The van der Waals surface area contributed by atoms with Gasteiger partial charge in [0.15, 0.2) is 0 Å². The van der Waals surface area contributed by atoms with Gasteiger partial charge in [0.25, 0.3) is 0 Å². The lowest BCUT2D eigenvalue weighted by Crippen LogP contribution is -2.58. The molecule has 0 aliphatic carbocycles. The standard InChI is InChI=1S/C12H23F3N2/c1-4-5-11-8-17(10(3)7-16-11)9(2)6-12(13,14)15/h9-11,16H,4-8H2,1-3H3. The summed E-state index contributed by atoms with van der Waals surface area (Å²) >= 11 is 0. The van der Waals surface area contributed by atoms with Crippen molar-refractivity contribution < 1.29 is 13.2 Å². The monoisotopic (exact) mass is 252 g/mol. The Morgan fingerprint density at radius 3 is 2.59 bits per heavy atom. The maximum absolute atomic E-state index is 12.4. The highest BCUT2D eigenvalue weighted by molar-refractivity contribution is 4.87. The first-order valence-corrected chi connectivity index (χ1v) is 6.39. The second-order valence-electron chi connectivity index (χ2n) is 5.11. The molecule has 0 bridgehead atoms. The lowest BCUT2D eigenvalue weighted by Gasteiger charge is -2.42. The van der Waals surface area contributed by atoms with Crippen molar-refractivity contribution >= 4 is 0 Å². The summed E-state index contributed by atoms with van der Waals surface area (Å²) in [6, 6.07) is 0.0961. The fourth-order valence-corrected chi connectivity index (χ4v) is 2.56. The minimum atomic E-state index is -4.07. The van der Waals surface area contributed by atoms with E-state index in [1.165, 1.54) is 0 Å². The Kier molecular flexibility index (Phi) is 5.25. The van der Waals surface area contributed by atoms with Gasteiger partial charge in [0, 0.05) is 31.2 Å². The number of nitrogens with one attached hydrogen (secondary N) is 1. The minimum absolute atomic E-state index is 0.181. The van der Waals surface area contributed by atoms with Gasteiger partial charge in [-0.3, -0.25) is 4.90 Å². The predicted octanol–water partition coefficient (Wildman–Crippen LogP) is 2.79. The van der Waals surface area contributed by atoms with Gasteiger partial charge in [0.2, 0.25) is 0 Å². The molecule has 5 heteroatoms. The molecule has 0 radical (unpaired) electrons. The molecule has 102 valence electrons. The topological polar surface area (TPSA) is 15.3 Å². The molecule has 0 aromatic rings. The average molecular weight is 252 g/mol. The quantitative estimate of drug-likeness (QED) is 0.827. The van der Waals surface area contributed by atoms with Crippen molar-refractivity contribution in [2.45, 2.75) is 64.3 Å². The van der Waals surface area contributed by atoms with E-state index in [1.54, 1.807) is 6.92 Å². The molecule has 17 heavy (non-hydrogen) atoms. The van der Waals surface area contributed by atoms with Gasteiger partial charge in [-0.2, -0.15) is 13.2 Å². The van der Waals surface area contributed by atoms with E-state index in [9.17, 15) is 13.2 Å². The van der Waals surface area contributed by atoms with Gasteiger partial charge in [-0.1, -0.05) is 13.3 Å². The zero-order valence-electron chi connectivity index (χ0n) is 10.8. The second-order valence-corrected chi connectivity index (χ2v) is 5.11. The summed E-state index contributed by atoms with van der Waals surface area (Å²) in [7, 11) is 0. The molecule has 0 aromatic carbocycles. The smallest absolute Gasteiger partial charge is 0.311 e. The molecule has 2 nitrogen and oxygen atoms in total. The summed E-state index contributed by atoms with van der Waals surface area (Å²) in [5.74, 6) is 0. The number of halogens is 3. The van der Waals surface area contributed by atoms with Gasteiger partial charge >= 0.3 is 6.18 Å². The van der Waals surface area contributed by atoms with E-state index in [4.69, 9.17) is 0 Å². The van der Waals surface area contributed by atoms with Crippen molar-refractivity contribution in [2.24, 2.45) is 0 Å². The number of piperazine rings is 1. The molecular weight excluding hydrogens is 229 g/mol. The summed E-state index contributed by atoms with van der Waals surface area (Å²) in [5, 5.41) is 3.39. The molecule has 1 N–H and O–H groups in total. The Hall–Kier alpha value is -0.290. The average Bonchev–Trinajstić information content (AvgIpc) is 2.18. The largest absolute Gasteiger partial charge is 0.390 e. The number of hydrogen-bond donors (Lipinski definition) is 1. The van der Waals surface area contributed by atoms with Crippen molar-refractivity contribution in [3.05, 3.63) is 0 Å². The zero-order chi connectivity index (χ0) is 13.1. The second kappa shape index (κ2) is 6.05. The van der Waals surface area contributed by atoms with Crippen LogP contribution in [0, 0.1) is 0 Å². The fourth-order valence-electron chi connectivity index (χ4n) is 2.56. The van der Waals surface area contributed by atoms with Crippen molar-refractivity contribution in [1.82, 2.24) is 10.2 Å². The highest BCUT2D eigenvalue weighted by Crippen LogP contribution is 2.26. The summed E-state index contributed by atoms with van der Waals surface area (Å²) < 4.78 is 37.2. The molecule has 1 aliphatic rings. The summed E-state index contributed by atoms with van der Waals surface area (Å²) in [6.07, 6.45) is -2.68. The normalized spacial score (nSPS) is 29.3. The number of rotatable bonds is 4. The number of nitrogens with zero attached hydrogens (tertiary/aromatic N) is 1. The molecule has 1 rings (SSSR count). The molecule has 3 unspecified atom stereocenters. The Bertz CT molecular complexity index is 230. The van der Waals surface area contributed by atoms with Crippen LogP contribution in [0.4, 0.5) is 13.2 Å². The first kappa shape index (κ1) is 14.8. The lowest BCUT2D eigenvalue weighted by atomic mass is 10.0. The van der Waals surface area contributed by atoms with Gasteiger partial charge in [-0.15, -0.1) is 0 Å². The van der Waals surface area contributed by atoms with Crippen molar-refractivity contribution in [1.29, 1.82) is 0 Å². The maximum Gasteiger partial charge on any atom is 0.390 e. The van der Waals surface area contributed by atoms with E-state index in [1.807, 2.05) is 11.8 Å². The summed E-state index contributed by atoms with van der Waals surface area (Å²) in [6.45, 7) is 7.28. The predicted molar refractivity (Wildman–Crippen MR) is 63.0 cm³/mol. The van der Waals surface area contributed by atoms with E-state index < -0.39 is 18.6 Å². The summed E-state index contributed by atoms with van der Waals surface area (Å²) in [4.78, 5) is 1.99. The van der Waals surface area contributed by atoms with Gasteiger partial charge in [0.1, 0.15) is 0 Å². The van der Waals surface area contributed by atoms with Crippen molar-refractivity contribution in [3.8, 4) is 0 Å². The first-order valence-electron chi connectivity index (χ1n) is 6.39. The minimum Gasteiger partial charge on any atom is -0.311 e. The Balaban J connectivity index is 2.54. The van der Waals surface area contributed by atoms with E-state index >= 15 is 0 Å². The zero-order valence-corrected chi connectivity index (χ0v) is 10.8. The Morgan fingerprint density at radius 1 is 1.41 bits per heavy atom. The van der Waals surface area contributed by atoms with Crippen molar-refractivity contribution in [2.75, 3.05) is 13.1 Å². The van der Waals surface area contributed by atoms with Crippen molar-refractivity contribution in [3.63, 3.8) is 0 Å². The molecule has 1 saturated heterocycles. The van der Waals surface area contributed by atoms with Crippen LogP contribution < -0.4 is 5.32 Å². The maximum atomic E-state index is 12.4. The molecule has 3 atom stereocenters. The Labute approximate surface area is 102 Å². The third-order valence-corrected chi connectivity index (χ3v) is 3.43. The lowest BCUT2D eigenvalue weighted by molar-refractivity contribution is -0.149. The third kappa shape index (κ3) is 4.84. The molecule has 0 aromatic heterocycles. The molecule has 0 amide bonds. The first-order chi connectivity index (χ1) is 7.83. The van der Waals surface area contributed by atoms with Crippen LogP contribution in [0.15, 0.2) is 0 Å². The molecule has 0 spiro atoms. The highest BCUT2D eigenvalue weighted by atomic mass is 19.4. The van der Waals surface area contributed by atoms with Gasteiger partial charge in [0.05, 0.1) is 6.42 Å². The molecule has 1 aliphatic heterocycles. The van der Waals surface area contributed by atoms with Crippen LogP contribution in [0.5, 0.6) is 0 Å². The molecule has 1 heterocycles. The third-order valence-electron chi connectivity index (χ3n) is 3.43. The van der Waals surface area contributed by atoms with Gasteiger partial charge < -0.3 is 5.32 Å². The SMILES string of the molecule is CCCC1CN(C(C)CC(F)(F)F)C(C)CN1. The molecule has 0 saturated carbocycles. The van der Waals surface area contributed by atoms with Gasteiger partial charge in [-0.05, 0) is 20.3 Å². The van der Waals surface area contributed by atoms with E-state index in [-0.39, 0.29) is 6.04 Å². The number of hydrogen-bond acceptors (Lipinski definition) is 2. The van der Waals surface area contributed by atoms with Crippen LogP contribution in [-0.2, 0) is 0 Å². The van der Waals surface area contributed by atoms with Crippen LogP contribution in [0.1, 0.15) is 40.0 Å². The van der Waals surface area contributed by atoms with Crippen LogP contribution in [0.25, 0.3) is 0 Å². The van der Waals surface area contributed by atoms with Crippen LogP contribution in [-0.4, -0.2) is 42.3 Å². The van der Waals surface area contributed by atoms with E-state index in [2.05, 4.69) is 12.2 Å². The van der Waals surface area contributed by atoms with Crippen LogP contribution in [0.2, 0.25) is 0 Å². The summed E-state index contributed by atoms with van der Waals surface area (Å²) in [5.41, 5.74) is 0. The van der Waals surface area contributed by atoms with Gasteiger partial charge in [-0.25, -0.2) is 0 Å². The Morgan fingerprint density at radius 2 is 2.06 bits per heavy atom. The van der Waals surface area contributed by atoms with E-state index in [0.29, 0.717) is 6.04 Å².